The first-order valence-electron chi connectivity index (χ1n) is 5.28. The first kappa shape index (κ1) is 9.97. The van der Waals surface area contributed by atoms with Gasteiger partial charge >= 0.3 is 0 Å². The van der Waals surface area contributed by atoms with Crippen LogP contribution in [0.1, 0.15) is 38.6 Å². The molecule has 2 rings (SSSR count). The Hall–Kier alpha value is -0.570. The number of hydrogen-bond acceptors (Lipinski definition) is 3. The van der Waals surface area contributed by atoms with Crippen molar-refractivity contribution in [2.45, 2.75) is 39.0 Å². The minimum Gasteiger partial charge on any atom is -0.356 e. The van der Waals surface area contributed by atoms with Gasteiger partial charge in [0.05, 0.1) is 0 Å². The molecule has 0 saturated carbocycles. The SMILES string of the molecule is CC(C)(C)c1nc(N2CCCC2)cs1. The van der Waals surface area contributed by atoms with Crippen LogP contribution >= 0.6 is 11.3 Å². The lowest BCUT2D eigenvalue weighted by Gasteiger charge is -2.16. The van der Waals surface area contributed by atoms with Gasteiger partial charge in [-0.25, -0.2) is 4.98 Å². The molecule has 2 nitrogen and oxygen atoms in total. The molecule has 3 heteroatoms. The van der Waals surface area contributed by atoms with Crippen molar-refractivity contribution in [3.05, 3.63) is 10.4 Å². The zero-order chi connectivity index (χ0) is 10.2. The van der Waals surface area contributed by atoms with E-state index < -0.39 is 0 Å². The average molecular weight is 210 g/mol. The van der Waals surface area contributed by atoms with Crippen LogP contribution in [0.2, 0.25) is 0 Å². The molecule has 2 heterocycles. The van der Waals surface area contributed by atoms with E-state index in [1.165, 1.54) is 36.8 Å². The van der Waals surface area contributed by atoms with Crippen molar-refractivity contribution in [3.8, 4) is 0 Å². The normalized spacial score (nSPS) is 17.8. The van der Waals surface area contributed by atoms with Gasteiger partial charge in [-0.05, 0) is 12.8 Å². The lowest BCUT2D eigenvalue weighted by atomic mass is 9.98. The summed E-state index contributed by atoms with van der Waals surface area (Å²) in [6, 6.07) is 0. The summed E-state index contributed by atoms with van der Waals surface area (Å²) in [6.45, 7) is 9.04. The molecule has 78 valence electrons. The second kappa shape index (κ2) is 3.54. The number of hydrogen-bond donors (Lipinski definition) is 0. The summed E-state index contributed by atoms with van der Waals surface area (Å²) in [5, 5.41) is 3.45. The van der Waals surface area contributed by atoms with E-state index in [0.717, 1.165) is 0 Å². The number of aromatic nitrogens is 1. The maximum absolute atomic E-state index is 4.71. The molecule has 0 aliphatic carbocycles. The van der Waals surface area contributed by atoms with Gasteiger partial charge in [-0.2, -0.15) is 0 Å². The lowest BCUT2D eigenvalue weighted by Crippen LogP contribution is -2.18. The largest absolute Gasteiger partial charge is 0.356 e. The third-order valence-electron chi connectivity index (χ3n) is 2.56. The number of nitrogens with zero attached hydrogens (tertiary/aromatic N) is 2. The average Bonchev–Trinajstić information content (AvgIpc) is 2.73. The van der Waals surface area contributed by atoms with Crippen molar-refractivity contribution in [3.63, 3.8) is 0 Å². The minimum absolute atomic E-state index is 0.197. The van der Waals surface area contributed by atoms with Crippen LogP contribution < -0.4 is 4.90 Å². The summed E-state index contributed by atoms with van der Waals surface area (Å²) in [4.78, 5) is 7.10. The molecule has 0 aromatic carbocycles. The standard InChI is InChI=1S/C11H18N2S/c1-11(2,3)10-12-9(8-14-10)13-6-4-5-7-13/h8H,4-7H2,1-3H3. The Kier molecular flexibility index (Phi) is 2.52. The Morgan fingerprint density at radius 2 is 1.93 bits per heavy atom. The molecule has 0 unspecified atom stereocenters. The van der Waals surface area contributed by atoms with Gasteiger partial charge in [0.15, 0.2) is 0 Å². The maximum Gasteiger partial charge on any atom is 0.139 e. The van der Waals surface area contributed by atoms with E-state index in [1.807, 2.05) is 0 Å². The Bertz CT molecular complexity index is 305. The third-order valence-corrected chi connectivity index (χ3v) is 3.82. The zero-order valence-electron chi connectivity index (χ0n) is 9.21. The highest BCUT2D eigenvalue weighted by Gasteiger charge is 2.21. The summed E-state index contributed by atoms with van der Waals surface area (Å²) in [5.74, 6) is 1.19. The van der Waals surface area contributed by atoms with Crippen molar-refractivity contribution in [1.29, 1.82) is 0 Å². The summed E-state index contributed by atoms with van der Waals surface area (Å²) >= 11 is 1.79. The second-order valence-corrected chi connectivity index (χ2v) is 5.81. The molecule has 0 atom stereocenters. The highest BCUT2D eigenvalue weighted by Crippen LogP contribution is 2.30. The maximum atomic E-state index is 4.71. The van der Waals surface area contributed by atoms with Gasteiger partial charge in [-0.15, -0.1) is 11.3 Å². The predicted octanol–water partition coefficient (Wildman–Crippen LogP) is 3.04. The molecule has 0 bridgehead atoms. The van der Waals surface area contributed by atoms with Crippen LogP contribution in [-0.4, -0.2) is 18.1 Å². The van der Waals surface area contributed by atoms with Crippen molar-refractivity contribution >= 4 is 17.2 Å². The molecule has 1 aromatic heterocycles. The smallest absolute Gasteiger partial charge is 0.139 e. The van der Waals surface area contributed by atoms with Gasteiger partial charge in [0.1, 0.15) is 10.8 Å². The Labute approximate surface area is 90.0 Å². The molecule has 14 heavy (non-hydrogen) atoms. The molecule has 0 radical (unpaired) electrons. The lowest BCUT2D eigenvalue weighted by molar-refractivity contribution is 0.585. The highest BCUT2D eigenvalue weighted by molar-refractivity contribution is 7.10. The van der Waals surface area contributed by atoms with E-state index in [4.69, 9.17) is 4.98 Å². The van der Waals surface area contributed by atoms with Gasteiger partial charge in [0.2, 0.25) is 0 Å². The minimum atomic E-state index is 0.197. The number of rotatable bonds is 1. The summed E-state index contributed by atoms with van der Waals surface area (Å²) in [5.41, 5.74) is 0.197. The quantitative estimate of drug-likeness (QED) is 0.708. The second-order valence-electron chi connectivity index (χ2n) is 4.96. The Morgan fingerprint density at radius 1 is 1.29 bits per heavy atom. The van der Waals surface area contributed by atoms with Gasteiger partial charge in [-0.1, -0.05) is 20.8 Å². The summed E-state index contributed by atoms with van der Waals surface area (Å²) < 4.78 is 0. The van der Waals surface area contributed by atoms with Crippen LogP contribution in [0.4, 0.5) is 5.82 Å². The molecular formula is C11H18N2S. The Morgan fingerprint density at radius 3 is 2.43 bits per heavy atom. The van der Waals surface area contributed by atoms with E-state index in [1.54, 1.807) is 11.3 Å². The van der Waals surface area contributed by atoms with Crippen LogP contribution in [0.15, 0.2) is 5.38 Å². The first-order valence-corrected chi connectivity index (χ1v) is 6.16. The van der Waals surface area contributed by atoms with Crippen LogP contribution in [0.3, 0.4) is 0 Å². The summed E-state index contributed by atoms with van der Waals surface area (Å²) in [6.07, 6.45) is 2.64. The van der Waals surface area contributed by atoms with E-state index in [0.29, 0.717) is 0 Å². The van der Waals surface area contributed by atoms with Gasteiger partial charge in [0, 0.05) is 23.9 Å². The molecule has 0 amide bonds. The molecule has 1 fully saturated rings. The first-order chi connectivity index (χ1) is 6.57. The fourth-order valence-corrected chi connectivity index (χ4v) is 2.62. The highest BCUT2D eigenvalue weighted by atomic mass is 32.1. The van der Waals surface area contributed by atoms with Crippen LogP contribution in [-0.2, 0) is 5.41 Å². The molecular weight excluding hydrogens is 192 g/mol. The zero-order valence-corrected chi connectivity index (χ0v) is 10.0. The molecule has 1 aliphatic rings. The molecule has 0 N–H and O–H groups in total. The van der Waals surface area contributed by atoms with E-state index in [-0.39, 0.29) is 5.41 Å². The fourth-order valence-electron chi connectivity index (χ4n) is 1.70. The number of thiazole rings is 1. The predicted molar refractivity (Wildman–Crippen MR) is 62.3 cm³/mol. The van der Waals surface area contributed by atoms with Gasteiger partial charge < -0.3 is 4.90 Å². The van der Waals surface area contributed by atoms with Crippen molar-refractivity contribution in [2.75, 3.05) is 18.0 Å². The van der Waals surface area contributed by atoms with Crippen LogP contribution in [0.5, 0.6) is 0 Å². The topological polar surface area (TPSA) is 16.1 Å². The van der Waals surface area contributed by atoms with Crippen molar-refractivity contribution in [2.24, 2.45) is 0 Å². The fraction of sp³-hybridized carbons (Fsp3) is 0.727. The van der Waals surface area contributed by atoms with Crippen LogP contribution in [0, 0.1) is 0 Å². The molecule has 1 aromatic rings. The van der Waals surface area contributed by atoms with Crippen molar-refractivity contribution in [1.82, 2.24) is 4.98 Å². The van der Waals surface area contributed by atoms with E-state index >= 15 is 0 Å². The van der Waals surface area contributed by atoms with E-state index in [2.05, 4.69) is 31.1 Å². The molecule has 1 aliphatic heterocycles. The van der Waals surface area contributed by atoms with E-state index in [9.17, 15) is 0 Å². The third kappa shape index (κ3) is 1.92. The summed E-state index contributed by atoms with van der Waals surface area (Å²) in [7, 11) is 0. The van der Waals surface area contributed by atoms with Gasteiger partial charge in [-0.3, -0.25) is 0 Å². The van der Waals surface area contributed by atoms with Gasteiger partial charge in [0.25, 0.3) is 0 Å². The molecule has 0 spiro atoms. The monoisotopic (exact) mass is 210 g/mol. The number of anilines is 1. The van der Waals surface area contributed by atoms with Crippen LogP contribution in [0.25, 0.3) is 0 Å². The molecule has 1 saturated heterocycles. The van der Waals surface area contributed by atoms with Crippen molar-refractivity contribution < 1.29 is 0 Å². The Balaban J connectivity index is 2.17.